The molecule has 3 aromatic rings. The van der Waals surface area contributed by atoms with E-state index in [9.17, 15) is 4.79 Å². The standard InChI is InChI=1S/C30H33N3O2/c1-3-35-27-12-10-22(11-13-27)16-23-17-25-18-26(33(2)30(34)28-9-4-5-14-31-28)20-32-29(25)19-24(23)15-21-7-6-8-21/h4-5,9-14,17-18,20-21,24H,3,6-8,15-16,19H2,1-2H3. The van der Waals surface area contributed by atoms with Crippen molar-refractivity contribution in [3.8, 4) is 5.75 Å². The van der Waals surface area contributed by atoms with Gasteiger partial charge in [-0.05, 0) is 79.5 Å². The van der Waals surface area contributed by atoms with Gasteiger partial charge in [-0.1, -0.05) is 49.1 Å². The molecule has 5 rings (SSSR count). The van der Waals surface area contributed by atoms with Crippen LogP contribution in [-0.2, 0) is 12.8 Å². The van der Waals surface area contributed by atoms with Gasteiger partial charge >= 0.3 is 0 Å². The first-order valence-electron chi connectivity index (χ1n) is 12.7. The van der Waals surface area contributed by atoms with Crippen molar-refractivity contribution in [1.82, 2.24) is 9.97 Å². The molecule has 2 heterocycles. The summed E-state index contributed by atoms with van der Waals surface area (Å²) in [7, 11) is 1.78. The Hall–Kier alpha value is -3.47. The van der Waals surface area contributed by atoms with Crippen molar-refractivity contribution in [1.29, 1.82) is 0 Å². The number of carbonyl (C=O) groups is 1. The lowest BCUT2D eigenvalue weighted by Crippen LogP contribution is -2.28. The second kappa shape index (κ2) is 10.4. The number of ether oxygens (including phenoxy) is 1. The minimum Gasteiger partial charge on any atom is -0.494 e. The van der Waals surface area contributed by atoms with Crippen molar-refractivity contribution in [3.05, 3.63) is 89.0 Å². The van der Waals surface area contributed by atoms with Crippen molar-refractivity contribution < 1.29 is 9.53 Å². The number of hydrogen-bond donors (Lipinski definition) is 0. The van der Waals surface area contributed by atoms with Crippen LogP contribution in [0.2, 0.25) is 0 Å². The molecule has 0 bridgehead atoms. The fourth-order valence-electron chi connectivity index (χ4n) is 5.10. The highest BCUT2D eigenvalue weighted by molar-refractivity contribution is 6.04. The SMILES string of the molecule is CCOc1ccc(CC2=Cc3cc(N(C)C(=O)c4ccccn4)cnc3CC2CC2CCC2)cc1. The van der Waals surface area contributed by atoms with Crippen LogP contribution in [0.25, 0.3) is 6.08 Å². The van der Waals surface area contributed by atoms with Gasteiger partial charge in [-0.2, -0.15) is 0 Å². The molecule has 0 aliphatic heterocycles. The Morgan fingerprint density at radius 2 is 1.94 bits per heavy atom. The number of carbonyl (C=O) groups excluding carboxylic acids is 1. The second-order valence-electron chi connectivity index (χ2n) is 9.72. The zero-order chi connectivity index (χ0) is 24.2. The number of fused-ring (bicyclic) bond motifs is 1. The highest BCUT2D eigenvalue weighted by Gasteiger charge is 2.28. The lowest BCUT2D eigenvalue weighted by molar-refractivity contribution is 0.0988. The van der Waals surface area contributed by atoms with Crippen LogP contribution in [0.1, 0.15) is 59.9 Å². The molecular weight excluding hydrogens is 434 g/mol. The van der Waals surface area contributed by atoms with E-state index in [1.54, 1.807) is 24.2 Å². The van der Waals surface area contributed by atoms with Crippen molar-refractivity contribution in [3.63, 3.8) is 0 Å². The molecule has 2 aliphatic rings. The van der Waals surface area contributed by atoms with Crippen LogP contribution in [0.3, 0.4) is 0 Å². The molecule has 0 spiro atoms. The topological polar surface area (TPSA) is 55.3 Å². The van der Waals surface area contributed by atoms with Crippen LogP contribution >= 0.6 is 0 Å². The van der Waals surface area contributed by atoms with E-state index in [0.29, 0.717) is 18.2 Å². The summed E-state index contributed by atoms with van der Waals surface area (Å²) in [4.78, 5) is 23.6. The average molecular weight is 468 g/mol. The quantitative estimate of drug-likeness (QED) is 0.399. The third-order valence-corrected chi connectivity index (χ3v) is 7.36. The molecule has 1 amide bonds. The summed E-state index contributed by atoms with van der Waals surface area (Å²) in [6.45, 7) is 2.68. The number of allylic oxidation sites excluding steroid dienone is 1. The number of anilines is 1. The first kappa shape index (κ1) is 23.3. The maximum absolute atomic E-state index is 12.9. The summed E-state index contributed by atoms with van der Waals surface area (Å²) < 4.78 is 5.62. The number of benzene rings is 1. The van der Waals surface area contributed by atoms with Crippen LogP contribution < -0.4 is 9.64 Å². The molecule has 1 atom stereocenters. The zero-order valence-electron chi connectivity index (χ0n) is 20.6. The molecule has 2 aliphatic carbocycles. The van der Waals surface area contributed by atoms with Gasteiger partial charge in [-0.3, -0.25) is 14.8 Å². The summed E-state index contributed by atoms with van der Waals surface area (Å²) in [6.07, 6.45) is 13.0. The fraction of sp³-hybridized carbons (Fsp3) is 0.367. The summed E-state index contributed by atoms with van der Waals surface area (Å²) in [6, 6.07) is 16.0. The lowest BCUT2D eigenvalue weighted by Gasteiger charge is -2.33. The van der Waals surface area contributed by atoms with Gasteiger partial charge in [0.25, 0.3) is 5.91 Å². The van der Waals surface area contributed by atoms with Gasteiger partial charge in [-0.25, -0.2) is 0 Å². The zero-order valence-corrected chi connectivity index (χ0v) is 20.6. The summed E-state index contributed by atoms with van der Waals surface area (Å²) >= 11 is 0. The Bertz CT molecular complexity index is 1200. The monoisotopic (exact) mass is 467 g/mol. The van der Waals surface area contributed by atoms with E-state index in [4.69, 9.17) is 9.72 Å². The second-order valence-corrected chi connectivity index (χ2v) is 9.72. The average Bonchev–Trinajstić information content (AvgIpc) is 2.87. The van der Waals surface area contributed by atoms with Crippen molar-refractivity contribution in [2.45, 2.75) is 45.4 Å². The molecule has 0 radical (unpaired) electrons. The molecule has 0 saturated heterocycles. The molecule has 5 nitrogen and oxygen atoms in total. The summed E-state index contributed by atoms with van der Waals surface area (Å²) in [5, 5.41) is 0. The van der Waals surface area contributed by atoms with Crippen LogP contribution in [0.15, 0.2) is 66.5 Å². The van der Waals surface area contributed by atoms with Gasteiger partial charge in [0.05, 0.1) is 18.5 Å². The number of pyridine rings is 2. The number of rotatable bonds is 8. The third kappa shape index (κ3) is 5.29. The maximum Gasteiger partial charge on any atom is 0.276 e. The predicted molar refractivity (Wildman–Crippen MR) is 140 cm³/mol. The Kier molecular flexibility index (Phi) is 6.94. The van der Waals surface area contributed by atoms with Crippen LogP contribution in [0.5, 0.6) is 5.75 Å². The number of amides is 1. The van der Waals surface area contributed by atoms with Gasteiger partial charge in [-0.15, -0.1) is 0 Å². The Morgan fingerprint density at radius 1 is 1.11 bits per heavy atom. The van der Waals surface area contributed by atoms with Crippen molar-refractivity contribution in [2.75, 3.05) is 18.6 Å². The van der Waals surface area contributed by atoms with Crippen LogP contribution in [0.4, 0.5) is 5.69 Å². The molecule has 1 unspecified atom stereocenters. The molecule has 5 heteroatoms. The Labute approximate surface area is 207 Å². The van der Waals surface area contributed by atoms with E-state index in [1.165, 1.54) is 36.8 Å². The lowest BCUT2D eigenvalue weighted by atomic mass is 9.72. The van der Waals surface area contributed by atoms with Gasteiger partial charge < -0.3 is 9.64 Å². The van der Waals surface area contributed by atoms with Gasteiger partial charge in [0.1, 0.15) is 11.4 Å². The van der Waals surface area contributed by atoms with Gasteiger partial charge in [0.15, 0.2) is 0 Å². The minimum absolute atomic E-state index is 0.135. The molecule has 1 saturated carbocycles. The maximum atomic E-state index is 12.9. The number of nitrogens with zero attached hydrogens (tertiary/aromatic N) is 3. The molecular formula is C30H33N3O2. The number of aromatic nitrogens is 2. The van der Waals surface area contributed by atoms with Crippen molar-refractivity contribution in [2.24, 2.45) is 11.8 Å². The molecule has 35 heavy (non-hydrogen) atoms. The van der Waals surface area contributed by atoms with E-state index < -0.39 is 0 Å². The van der Waals surface area contributed by atoms with Gasteiger partial charge in [0, 0.05) is 18.9 Å². The molecule has 2 aromatic heterocycles. The normalized spacial score (nSPS) is 17.2. The van der Waals surface area contributed by atoms with Crippen LogP contribution in [-0.4, -0.2) is 29.5 Å². The highest BCUT2D eigenvalue weighted by Crippen LogP contribution is 2.40. The van der Waals surface area contributed by atoms with E-state index >= 15 is 0 Å². The largest absolute Gasteiger partial charge is 0.494 e. The molecule has 1 fully saturated rings. The highest BCUT2D eigenvalue weighted by atomic mass is 16.5. The Morgan fingerprint density at radius 3 is 2.63 bits per heavy atom. The van der Waals surface area contributed by atoms with E-state index in [-0.39, 0.29) is 5.91 Å². The first-order valence-corrected chi connectivity index (χ1v) is 12.7. The third-order valence-electron chi connectivity index (χ3n) is 7.36. The number of hydrogen-bond acceptors (Lipinski definition) is 4. The summed E-state index contributed by atoms with van der Waals surface area (Å²) in [5.41, 5.74) is 6.23. The fourth-order valence-corrected chi connectivity index (χ4v) is 5.10. The molecule has 0 N–H and O–H groups in total. The van der Waals surface area contributed by atoms with E-state index in [1.807, 2.05) is 25.3 Å². The Balaban J connectivity index is 1.41. The molecule has 1 aromatic carbocycles. The minimum atomic E-state index is -0.135. The summed E-state index contributed by atoms with van der Waals surface area (Å²) in [5.74, 6) is 2.14. The molecule has 180 valence electrons. The smallest absolute Gasteiger partial charge is 0.276 e. The van der Waals surface area contributed by atoms with Gasteiger partial charge in [0.2, 0.25) is 0 Å². The first-order chi connectivity index (χ1) is 17.1. The van der Waals surface area contributed by atoms with Crippen molar-refractivity contribution >= 4 is 17.7 Å². The van der Waals surface area contributed by atoms with E-state index in [0.717, 1.165) is 41.5 Å². The van der Waals surface area contributed by atoms with E-state index in [2.05, 4.69) is 41.4 Å². The predicted octanol–water partition coefficient (Wildman–Crippen LogP) is 6.14. The van der Waals surface area contributed by atoms with Crippen LogP contribution in [0, 0.1) is 11.8 Å².